The monoisotopic (exact) mass is 452 g/mol. The van der Waals surface area contributed by atoms with E-state index in [0.717, 1.165) is 6.42 Å². The fourth-order valence-corrected chi connectivity index (χ4v) is 7.69. The molecule has 5 nitrogen and oxygen atoms in total. The number of Topliss-reactive ketones (excluding diaryl/α,β-unsaturated/α-hetero) is 1. The number of hydrogen-bond donors (Lipinski definition) is 3. The molecule has 2 fully saturated rings. The number of ketones is 1. The second-order valence-electron chi connectivity index (χ2n) is 11.4. The normalized spacial score (nSPS) is 43.1. The zero-order valence-corrected chi connectivity index (χ0v) is 20.0. The van der Waals surface area contributed by atoms with Gasteiger partial charge in [-0.25, -0.2) is 0 Å². The third-order valence-corrected chi connectivity index (χ3v) is 9.47. The van der Waals surface area contributed by atoms with E-state index in [1.165, 1.54) is 5.56 Å². The van der Waals surface area contributed by atoms with E-state index in [-0.39, 0.29) is 47.6 Å². The van der Waals surface area contributed by atoms with Gasteiger partial charge in [-0.2, -0.15) is 0 Å². The van der Waals surface area contributed by atoms with E-state index in [4.69, 9.17) is 4.74 Å². The van der Waals surface area contributed by atoms with Crippen LogP contribution in [-0.2, 0) is 16.0 Å². The number of rotatable bonds is 5. The molecule has 178 valence electrons. The predicted octanol–water partition coefficient (Wildman–Crippen LogP) is 3.23. The van der Waals surface area contributed by atoms with Gasteiger partial charge in [-0.3, -0.25) is 4.79 Å². The topological polar surface area (TPSA) is 87.0 Å². The maximum atomic E-state index is 13.0. The first-order chi connectivity index (χ1) is 15.5. The molecule has 1 aromatic carbocycles. The Morgan fingerprint density at radius 1 is 1.12 bits per heavy atom. The van der Waals surface area contributed by atoms with Crippen molar-refractivity contribution in [2.45, 2.75) is 63.8 Å². The van der Waals surface area contributed by atoms with Crippen LogP contribution in [0.25, 0.3) is 0 Å². The third-order valence-electron chi connectivity index (χ3n) is 9.47. The quantitative estimate of drug-likeness (QED) is 0.597. The van der Waals surface area contributed by atoms with Gasteiger partial charge in [0.2, 0.25) is 0 Å². The van der Waals surface area contributed by atoms with Gasteiger partial charge < -0.3 is 20.1 Å². The van der Waals surface area contributed by atoms with Crippen LogP contribution in [0.3, 0.4) is 0 Å². The first kappa shape index (κ1) is 23.0. The van der Waals surface area contributed by atoms with Gasteiger partial charge in [-0.05, 0) is 42.4 Å². The Labute approximate surface area is 196 Å². The Hall–Kier alpha value is -1.79. The van der Waals surface area contributed by atoms with Crippen molar-refractivity contribution < 1.29 is 24.9 Å². The number of benzene rings is 1. The van der Waals surface area contributed by atoms with Crippen LogP contribution in [-0.4, -0.2) is 51.1 Å². The second kappa shape index (κ2) is 7.35. The second-order valence-corrected chi connectivity index (χ2v) is 11.4. The van der Waals surface area contributed by atoms with E-state index in [9.17, 15) is 20.1 Å². The van der Waals surface area contributed by atoms with Crippen LogP contribution in [0.1, 0.15) is 46.1 Å². The number of hydrogen-bond acceptors (Lipinski definition) is 5. The maximum Gasteiger partial charge on any atom is 0.190 e. The van der Waals surface area contributed by atoms with Gasteiger partial charge in [-0.15, -0.1) is 0 Å². The Kier molecular flexibility index (Phi) is 5.12. The zero-order chi connectivity index (χ0) is 23.8. The molecule has 0 aromatic heterocycles. The standard InChI is InChI=1S/C28H36O5/c1-17-12-22-26(31,24(17)30)15-20(16-29)13-21-23-25(3,4)27(23,14-18(2)28(21,22)32)33-11-10-19-8-6-5-7-9-19/h5-9,12-13,18,21-23,29,31-32H,10-11,14-16H2,1-4H3/t18-,21+,22-,23+,26-,27+,28-/m1/s1. The van der Waals surface area contributed by atoms with Gasteiger partial charge in [-0.1, -0.05) is 63.3 Å². The van der Waals surface area contributed by atoms with Gasteiger partial charge in [0.1, 0.15) is 5.60 Å². The molecule has 0 aliphatic heterocycles. The van der Waals surface area contributed by atoms with Gasteiger partial charge in [0.05, 0.1) is 24.4 Å². The molecular formula is C28H36O5. The summed E-state index contributed by atoms with van der Waals surface area (Å²) >= 11 is 0. The van der Waals surface area contributed by atoms with Crippen LogP contribution in [0.2, 0.25) is 0 Å². The maximum absolute atomic E-state index is 13.0. The highest BCUT2D eigenvalue weighted by atomic mass is 16.5. The summed E-state index contributed by atoms with van der Waals surface area (Å²) in [6, 6.07) is 10.3. The molecule has 5 heteroatoms. The minimum absolute atomic E-state index is 0.0373. The summed E-state index contributed by atoms with van der Waals surface area (Å²) in [4.78, 5) is 13.0. The number of fused-ring (bicyclic) bond motifs is 5. The SMILES string of the molecule is CC1=C[C@H]2[C@@]3(O)[C@H](C)C[C@]4(OCCc5ccccc5)[C@@H]([C@@H]3C=C(CO)C[C@]2(O)C1=O)C4(C)C. The average Bonchev–Trinajstić information content (AvgIpc) is 3.19. The van der Waals surface area contributed by atoms with Crippen molar-refractivity contribution in [3.05, 3.63) is 59.2 Å². The van der Waals surface area contributed by atoms with Crippen molar-refractivity contribution >= 4 is 5.78 Å². The van der Waals surface area contributed by atoms with Crippen molar-refractivity contribution in [3.63, 3.8) is 0 Å². The van der Waals surface area contributed by atoms with Crippen LogP contribution in [0, 0.1) is 29.1 Å². The number of carbonyl (C=O) groups is 1. The molecule has 1 aromatic rings. The molecule has 0 saturated heterocycles. The zero-order valence-electron chi connectivity index (χ0n) is 20.0. The van der Waals surface area contributed by atoms with Crippen molar-refractivity contribution in [3.8, 4) is 0 Å². The van der Waals surface area contributed by atoms with Gasteiger partial charge in [0, 0.05) is 29.6 Å². The number of carbonyl (C=O) groups excluding carboxylic acids is 1. The van der Waals surface area contributed by atoms with Crippen LogP contribution < -0.4 is 0 Å². The van der Waals surface area contributed by atoms with Crippen LogP contribution in [0.15, 0.2) is 53.6 Å². The average molecular weight is 453 g/mol. The highest BCUT2D eigenvalue weighted by Gasteiger charge is 2.81. The summed E-state index contributed by atoms with van der Waals surface area (Å²) in [6.07, 6.45) is 5.28. The minimum atomic E-state index is -1.70. The Bertz CT molecular complexity index is 1030. The summed E-state index contributed by atoms with van der Waals surface area (Å²) < 4.78 is 6.67. The molecule has 0 amide bonds. The van der Waals surface area contributed by atoms with E-state index in [0.29, 0.717) is 24.2 Å². The van der Waals surface area contributed by atoms with Crippen molar-refractivity contribution in [2.24, 2.45) is 29.1 Å². The lowest BCUT2D eigenvalue weighted by molar-refractivity contribution is -0.182. The highest BCUT2D eigenvalue weighted by molar-refractivity contribution is 6.04. The first-order valence-corrected chi connectivity index (χ1v) is 12.2. The molecular weight excluding hydrogens is 416 g/mol. The largest absolute Gasteiger partial charge is 0.392 e. The first-order valence-electron chi connectivity index (χ1n) is 12.2. The lowest BCUT2D eigenvalue weighted by Crippen LogP contribution is -2.61. The summed E-state index contributed by atoms with van der Waals surface area (Å²) in [6.45, 7) is 8.48. The number of ether oxygens (including phenoxy) is 1. The predicted molar refractivity (Wildman–Crippen MR) is 125 cm³/mol. The van der Waals surface area contributed by atoms with Crippen molar-refractivity contribution in [1.29, 1.82) is 0 Å². The number of aliphatic hydroxyl groups excluding tert-OH is 1. The van der Waals surface area contributed by atoms with Crippen LogP contribution in [0.4, 0.5) is 0 Å². The summed E-state index contributed by atoms with van der Waals surface area (Å²) in [5.41, 5.74) is -1.20. The molecule has 7 atom stereocenters. The summed E-state index contributed by atoms with van der Waals surface area (Å²) in [7, 11) is 0. The Morgan fingerprint density at radius 2 is 1.82 bits per heavy atom. The molecule has 0 radical (unpaired) electrons. The van der Waals surface area contributed by atoms with Crippen molar-refractivity contribution in [2.75, 3.05) is 13.2 Å². The molecule has 3 N–H and O–H groups in total. The molecule has 0 heterocycles. The summed E-state index contributed by atoms with van der Waals surface area (Å²) in [5, 5.41) is 34.0. The minimum Gasteiger partial charge on any atom is -0.392 e. The number of aliphatic hydroxyl groups is 3. The van der Waals surface area contributed by atoms with E-state index in [1.54, 1.807) is 13.0 Å². The molecule has 0 unspecified atom stereocenters. The highest BCUT2D eigenvalue weighted by Crippen LogP contribution is 2.76. The van der Waals surface area contributed by atoms with E-state index >= 15 is 0 Å². The molecule has 5 rings (SSSR count). The molecule has 4 aliphatic rings. The van der Waals surface area contributed by atoms with Crippen molar-refractivity contribution in [1.82, 2.24) is 0 Å². The van der Waals surface area contributed by atoms with E-state index in [2.05, 4.69) is 26.0 Å². The summed E-state index contributed by atoms with van der Waals surface area (Å²) in [5.74, 6) is -1.51. The fourth-order valence-electron chi connectivity index (χ4n) is 7.69. The molecule has 4 aliphatic carbocycles. The van der Waals surface area contributed by atoms with Gasteiger partial charge in [0.25, 0.3) is 0 Å². The van der Waals surface area contributed by atoms with E-state index < -0.39 is 17.1 Å². The van der Waals surface area contributed by atoms with Crippen LogP contribution >= 0.6 is 0 Å². The fraction of sp³-hybridized carbons (Fsp3) is 0.607. The van der Waals surface area contributed by atoms with Gasteiger partial charge >= 0.3 is 0 Å². The Morgan fingerprint density at radius 3 is 2.48 bits per heavy atom. The van der Waals surface area contributed by atoms with E-state index in [1.807, 2.05) is 31.2 Å². The lowest BCUT2D eigenvalue weighted by Gasteiger charge is -2.50. The lowest BCUT2D eigenvalue weighted by atomic mass is 9.60. The smallest absolute Gasteiger partial charge is 0.190 e. The van der Waals surface area contributed by atoms with Crippen LogP contribution in [0.5, 0.6) is 0 Å². The Balaban J connectivity index is 1.51. The molecule has 2 saturated carbocycles. The molecule has 0 spiro atoms. The molecule has 0 bridgehead atoms. The van der Waals surface area contributed by atoms with Gasteiger partial charge in [0.15, 0.2) is 5.78 Å². The molecule has 33 heavy (non-hydrogen) atoms. The third kappa shape index (κ3) is 2.95.